The van der Waals surface area contributed by atoms with Crippen molar-refractivity contribution in [3.8, 4) is 0 Å². The van der Waals surface area contributed by atoms with Gasteiger partial charge in [-0.2, -0.15) is 0 Å². The third kappa shape index (κ3) is 2.05. The first kappa shape index (κ1) is 10.7. The monoisotopic (exact) mass is 217 g/mol. The summed E-state index contributed by atoms with van der Waals surface area (Å²) in [5.41, 5.74) is 1.89. The van der Waals surface area contributed by atoms with E-state index in [1.54, 1.807) is 12.5 Å². The highest BCUT2D eigenvalue weighted by atomic mass is 16.1. The molecular weight excluding hydrogens is 202 g/mol. The van der Waals surface area contributed by atoms with Gasteiger partial charge >= 0.3 is 0 Å². The number of aldehydes is 1. The van der Waals surface area contributed by atoms with Crippen molar-refractivity contribution in [2.75, 3.05) is 0 Å². The highest BCUT2D eigenvalue weighted by Gasteiger charge is 2.06. The van der Waals surface area contributed by atoms with E-state index in [-0.39, 0.29) is 0 Å². The van der Waals surface area contributed by atoms with Crippen LogP contribution < -0.4 is 0 Å². The van der Waals surface area contributed by atoms with Crippen molar-refractivity contribution in [3.63, 3.8) is 0 Å². The zero-order valence-electron chi connectivity index (χ0n) is 9.34. The minimum atomic E-state index is 0.747. The quantitative estimate of drug-likeness (QED) is 0.718. The van der Waals surface area contributed by atoms with Gasteiger partial charge in [0.2, 0.25) is 0 Å². The van der Waals surface area contributed by atoms with Gasteiger partial charge in [0, 0.05) is 24.6 Å². The minimum Gasteiger partial charge on any atom is -0.341 e. The summed E-state index contributed by atoms with van der Waals surface area (Å²) in [6.07, 6.45) is 7.39. The molecule has 2 rings (SSSR count). The first-order chi connectivity index (χ1) is 7.85. The summed E-state index contributed by atoms with van der Waals surface area (Å²) in [4.78, 5) is 14.9. The molecule has 2 aromatic rings. The molecule has 0 aliphatic heterocycles. The van der Waals surface area contributed by atoms with E-state index >= 15 is 0 Å². The molecule has 2 aromatic heterocycles. The van der Waals surface area contributed by atoms with Gasteiger partial charge < -0.3 is 9.13 Å². The second-order valence-corrected chi connectivity index (χ2v) is 3.75. The lowest BCUT2D eigenvalue weighted by Gasteiger charge is -2.10. The average Bonchev–Trinajstić information content (AvgIpc) is 2.91. The Balaban J connectivity index is 2.26. The molecule has 16 heavy (non-hydrogen) atoms. The standard InChI is InChI=1S/C12H15N3O/c1-2-6-15-11(3-4-12(15)9-16)8-14-7-5-13-10-14/h3-5,7,9-10H,2,6,8H2,1H3. The first-order valence-electron chi connectivity index (χ1n) is 5.44. The van der Waals surface area contributed by atoms with Gasteiger partial charge in [-0.3, -0.25) is 4.79 Å². The SMILES string of the molecule is CCCn1c(C=O)ccc1Cn1ccnc1. The van der Waals surface area contributed by atoms with E-state index in [0.717, 1.165) is 37.2 Å². The van der Waals surface area contributed by atoms with Gasteiger partial charge in [0.05, 0.1) is 18.6 Å². The smallest absolute Gasteiger partial charge is 0.166 e. The molecule has 0 N–H and O–H groups in total. The van der Waals surface area contributed by atoms with Crippen molar-refractivity contribution < 1.29 is 4.79 Å². The number of rotatable bonds is 5. The Labute approximate surface area is 94.5 Å². The molecule has 0 saturated carbocycles. The van der Waals surface area contributed by atoms with Crippen molar-refractivity contribution in [2.24, 2.45) is 0 Å². The fourth-order valence-corrected chi connectivity index (χ4v) is 1.83. The molecule has 4 heteroatoms. The molecule has 84 valence electrons. The number of nitrogens with zero attached hydrogens (tertiary/aromatic N) is 3. The Morgan fingerprint density at radius 2 is 2.31 bits per heavy atom. The van der Waals surface area contributed by atoms with Crippen LogP contribution in [0.15, 0.2) is 30.9 Å². The second-order valence-electron chi connectivity index (χ2n) is 3.75. The number of carbonyl (C=O) groups excluding carboxylic acids is 1. The van der Waals surface area contributed by atoms with E-state index in [0.29, 0.717) is 0 Å². The van der Waals surface area contributed by atoms with Crippen molar-refractivity contribution in [3.05, 3.63) is 42.2 Å². The van der Waals surface area contributed by atoms with Gasteiger partial charge in [0.15, 0.2) is 6.29 Å². The van der Waals surface area contributed by atoms with E-state index < -0.39 is 0 Å². The third-order valence-corrected chi connectivity index (χ3v) is 2.58. The summed E-state index contributed by atoms with van der Waals surface area (Å²) in [5.74, 6) is 0. The maximum absolute atomic E-state index is 10.9. The highest BCUT2D eigenvalue weighted by molar-refractivity contribution is 5.72. The van der Waals surface area contributed by atoms with Crippen LogP contribution in [-0.2, 0) is 13.1 Å². The molecule has 0 atom stereocenters. The lowest BCUT2D eigenvalue weighted by molar-refractivity contribution is 0.111. The topological polar surface area (TPSA) is 39.8 Å². The van der Waals surface area contributed by atoms with Crippen LogP contribution in [0.3, 0.4) is 0 Å². The molecule has 0 saturated heterocycles. The summed E-state index contributed by atoms with van der Waals surface area (Å²) in [6, 6.07) is 3.87. The van der Waals surface area contributed by atoms with Crippen LogP contribution in [0, 0.1) is 0 Å². The van der Waals surface area contributed by atoms with Crippen LogP contribution in [-0.4, -0.2) is 20.4 Å². The first-order valence-corrected chi connectivity index (χ1v) is 5.44. The summed E-state index contributed by atoms with van der Waals surface area (Å²) < 4.78 is 4.06. The van der Waals surface area contributed by atoms with E-state index in [4.69, 9.17) is 0 Å². The summed E-state index contributed by atoms with van der Waals surface area (Å²) in [6.45, 7) is 3.74. The largest absolute Gasteiger partial charge is 0.341 e. The minimum absolute atomic E-state index is 0.747. The fraction of sp³-hybridized carbons (Fsp3) is 0.333. The van der Waals surface area contributed by atoms with Crippen molar-refractivity contribution in [1.82, 2.24) is 14.1 Å². The molecule has 4 nitrogen and oxygen atoms in total. The van der Waals surface area contributed by atoms with Crippen LogP contribution in [0.5, 0.6) is 0 Å². The maximum Gasteiger partial charge on any atom is 0.166 e. The molecule has 0 bridgehead atoms. The normalized spacial score (nSPS) is 10.6. The molecule has 0 unspecified atom stereocenters. The Morgan fingerprint density at radius 3 is 2.94 bits per heavy atom. The average molecular weight is 217 g/mol. The predicted molar refractivity (Wildman–Crippen MR) is 61.4 cm³/mol. The van der Waals surface area contributed by atoms with E-state index in [1.807, 2.05) is 22.9 Å². The number of aromatic nitrogens is 3. The predicted octanol–water partition coefficient (Wildman–Crippen LogP) is 1.96. The molecule has 0 radical (unpaired) electrons. The fourth-order valence-electron chi connectivity index (χ4n) is 1.83. The highest BCUT2D eigenvalue weighted by Crippen LogP contribution is 2.10. The zero-order chi connectivity index (χ0) is 11.4. The number of hydrogen-bond donors (Lipinski definition) is 0. The summed E-state index contributed by atoms with van der Waals surface area (Å²) in [7, 11) is 0. The van der Waals surface area contributed by atoms with Crippen LogP contribution in [0.25, 0.3) is 0 Å². The number of imidazole rings is 1. The zero-order valence-corrected chi connectivity index (χ0v) is 9.34. The van der Waals surface area contributed by atoms with Crippen LogP contribution >= 0.6 is 0 Å². The Bertz CT molecular complexity index is 457. The van der Waals surface area contributed by atoms with Crippen molar-refractivity contribution in [1.29, 1.82) is 0 Å². The third-order valence-electron chi connectivity index (χ3n) is 2.58. The van der Waals surface area contributed by atoms with Crippen molar-refractivity contribution in [2.45, 2.75) is 26.4 Å². The Morgan fingerprint density at radius 1 is 1.44 bits per heavy atom. The lowest BCUT2D eigenvalue weighted by atomic mass is 10.4. The van der Waals surface area contributed by atoms with E-state index in [9.17, 15) is 4.79 Å². The number of carbonyl (C=O) groups is 1. The van der Waals surface area contributed by atoms with Crippen LogP contribution in [0.1, 0.15) is 29.5 Å². The molecular formula is C12H15N3O. The van der Waals surface area contributed by atoms with Gasteiger partial charge in [-0.15, -0.1) is 0 Å². The maximum atomic E-state index is 10.9. The van der Waals surface area contributed by atoms with E-state index in [1.165, 1.54) is 0 Å². The second kappa shape index (κ2) is 4.79. The van der Waals surface area contributed by atoms with E-state index in [2.05, 4.69) is 16.5 Å². The Hall–Kier alpha value is -1.84. The molecule has 0 aliphatic rings. The van der Waals surface area contributed by atoms with Crippen molar-refractivity contribution >= 4 is 6.29 Å². The summed E-state index contributed by atoms with van der Waals surface area (Å²) in [5, 5.41) is 0. The molecule has 0 fully saturated rings. The Kier molecular flexibility index (Phi) is 3.19. The molecule has 0 amide bonds. The number of hydrogen-bond acceptors (Lipinski definition) is 2. The lowest BCUT2D eigenvalue weighted by Crippen LogP contribution is -2.09. The molecule has 0 spiro atoms. The van der Waals surface area contributed by atoms with Gasteiger partial charge in [-0.05, 0) is 18.6 Å². The molecule has 0 aromatic carbocycles. The van der Waals surface area contributed by atoms with Gasteiger partial charge in [-0.25, -0.2) is 4.98 Å². The van der Waals surface area contributed by atoms with Crippen LogP contribution in [0.4, 0.5) is 0 Å². The molecule has 2 heterocycles. The van der Waals surface area contributed by atoms with Gasteiger partial charge in [0.25, 0.3) is 0 Å². The van der Waals surface area contributed by atoms with Gasteiger partial charge in [0.1, 0.15) is 0 Å². The van der Waals surface area contributed by atoms with Gasteiger partial charge in [-0.1, -0.05) is 6.92 Å². The summed E-state index contributed by atoms with van der Waals surface area (Å²) >= 11 is 0. The molecule has 0 aliphatic carbocycles. The van der Waals surface area contributed by atoms with Crippen LogP contribution in [0.2, 0.25) is 0 Å².